The highest BCUT2D eigenvalue weighted by Gasteiger charge is 2.22. The second-order valence-electron chi connectivity index (χ2n) is 7.46. The molecule has 7 nitrogen and oxygen atoms in total. The number of nitrogens with one attached hydrogen (secondary N) is 1. The van der Waals surface area contributed by atoms with E-state index < -0.39 is 0 Å². The lowest BCUT2D eigenvalue weighted by atomic mass is 10.2. The Balaban J connectivity index is 1.69. The summed E-state index contributed by atoms with van der Waals surface area (Å²) in [5, 5.41) is 3.44. The van der Waals surface area contributed by atoms with Gasteiger partial charge in [-0.05, 0) is 55.5 Å². The van der Waals surface area contributed by atoms with Crippen molar-refractivity contribution in [3.63, 3.8) is 0 Å². The zero-order chi connectivity index (χ0) is 20.5. The maximum Gasteiger partial charge on any atom is 0.167 e. The van der Waals surface area contributed by atoms with Gasteiger partial charge in [0.25, 0.3) is 0 Å². The summed E-state index contributed by atoms with van der Waals surface area (Å²) in [6.07, 6.45) is 3.59. The normalized spacial score (nSPS) is 16.7. The van der Waals surface area contributed by atoms with Gasteiger partial charge in [-0.15, -0.1) is 0 Å². The van der Waals surface area contributed by atoms with Gasteiger partial charge >= 0.3 is 0 Å². The van der Waals surface area contributed by atoms with Gasteiger partial charge < -0.3 is 15.0 Å². The maximum absolute atomic E-state index is 5.31. The van der Waals surface area contributed by atoms with E-state index in [1.54, 1.807) is 19.5 Å². The zero-order valence-electron chi connectivity index (χ0n) is 17.1. The molecule has 1 atom stereocenters. The van der Waals surface area contributed by atoms with E-state index in [4.69, 9.17) is 14.7 Å². The number of ether oxygens (including phenoxy) is 1. The molecule has 0 saturated carbocycles. The molecule has 1 fully saturated rings. The number of pyridine rings is 2. The Morgan fingerprint density at radius 2 is 1.80 bits per heavy atom. The van der Waals surface area contributed by atoms with Crippen molar-refractivity contribution in [2.45, 2.75) is 13.0 Å². The third-order valence-corrected chi connectivity index (χ3v) is 5.55. The summed E-state index contributed by atoms with van der Waals surface area (Å²) < 4.78 is 7.42. The summed E-state index contributed by atoms with van der Waals surface area (Å²) in [6, 6.07) is 16.4. The van der Waals surface area contributed by atoms with Crippen LogP contribution in [0, 0.1) is 0 Å². The fourth-order valence-electron chi connectivity index (χ4n) is 3.96. The van der Waals surface area contributed by atoms with Gasteiger partial charge in [-0.1, -0.05) is 0 Å². The van der Waals surface area contributed by atoms with Crippen LogP contribution >= 0.6 is 0 Å². The van der Waals surface area contributed by atoms with Crippen molar-refractivity contribution >= 4 is 17.0 Å². The Bertz CT molecular complexity index is 1160. The lowest BCUT2D eigenvalue weighted by Crippen LogP contribution is -2.50. The van der Waals surface area contributed by atoms with Crippen molar-refractivity contribution < 1.29 is 4.74 Å². The number of aromatic nitrogens is 4. The predicted octanol–water partition coefficient (Wildman–Crippen LogP) is 3.29. The number of hydrogen-bond donors (Lipinski definition) is 1. The Kier molecular flexibility index (Phi) is 4.80. The van der Waals surface area contributed by atoms with Crippen LogP contribution < -0.4 is 15.0 Å². The molecular formula is C23H24N6O. The summed E-state index contributed by atoms with van der Waals surface area (Å²) in [5.74, 6) is 2.64. The van der Waals surface area contributed by atoms with Crippen LogP contribution in [0.5, 0.6) is 5.75 Å². The van der Waals surface area contributed by atoms with Gasteiger partial charge in [0.1, 0.15) is 22.9 Å². The second-order valence-corrected chi connectivity index (χ2v) is 7.46. The van der Waals surface area contributed by atoms with Crippen LogP contribution in [0.4, 0.5) is 5.82 Å². The first-order valence-electron chi connectivity index (χ1n) is 10.2. The van der Waals surface area contributed by atoms with Gasteiger partial charge in [-0.3, -0.25) is 9.55 Å². The molecule has 4 aromatic rings. The average molecular weight is 400 g/mol. The molecule has 0 unspecified atom stereocenters. The molecule has 0 amide bonds. The highest BCUT2D eigenvalue weighted by molar-refractivity contribution is 5.81. The first kappa shape index (κ1) is 18.6. The summed E-state index contributed by atoms with van der Waals surface area (Å²) in [7, 11) is 1.67. The standard InChI is InChI=1S/C23H24N6O/c1-16-15-25-13-14-28(16)21-8-7-20-23(27-21)29(18-9-11-24-12-10-18)22(26-20)17-3-5-19(30-2)6-4-17/h3-12,16,25H,13-15H2,1-2H3/t16-/m1/s1. The van der Waals surface area contributed by atoms with E-state index in [1.165, 1.54) is 0 Å². The molecule has 1 N–H and O–H groups in total. The number of fused-ring (bicyclic) bond motifs is 1. The van der Waals surface area contributed by atoms with Crippen molar-refractivity contribution in [2.75, 3.05) is 31.6 Å². The summed E-state index contributed by atoms with van der Waals surface area (Å²) in [5.41, 5.74) is 3.69. The van der Waals surface area contributed by atoms with Gasteiger partial charge in [-0.2, -0.15) is 0 Å². The van der Waals surface area contributed by atoms with E-state index >= 15 is 0 Å². The minimum atomic E-state index is 0.391. The Hall–Kier alpha value is -3.45. The van der Waals surface area contributed by atoms with Gasteiger partial charge in [0.15, 0.2) is 5.65 Å². The number of methoxy groups -OCH3 is 1. The largest absolute Gasteiger partial charge is 0.497 e. The molecule has 5 rings (SSSR count). The van der Waals surface area contributed by atoms with E-state index in [0.29, 0.717) is 6.04 Å². The van der Waals surface area contributed by atoms with Crippen molar-refractivity contribution in [2.24, 2.45) is 0 Å². The van der Waals surface area contributed by atoms with Crippen molar-refractivity contribution in [1.29, 1.82) is 0 Å². The Labute approximate surface area is 175 Å². The number of imidazole rings is 1. The predicted molar refractivity (Wildman–Crippen MR) is 118 cm³/mol. The molecule has 152 valence electrons. The number of hydrogen-bond acceptors (Lipinski definition) is 6. The number of rotatable bonds is 4. The highest BCUT2D eigenvalue weighted by atomic mass is 16.5. The van der Waals surface area contributed by atoms with Gasteiger partial charge in [0.05, 0.1) is 12.8 Å². The van der Waals surface area contributed by atoms with E-state index in [-0.39, 0.29) is 0 Å². The number of anilines is 1. The van der Waals surface area contributed by atoms with Crippen LogP contribution in [0.2, 0.25) is 0 Å². The second kappa shape index (κ2) is 7.76. The summed E-state index contributed by atoms with van der Waals surface area (Å²) >= 11 is 0. The van der Waals surface area contributed by atoms with E-state index in [1.807, 2.05) is 36.4 Å². The third-order valence-electron chi connectivity index (χ3n) is 5.55. The molecule has 1 saturated heterocycles. The third kappa shape index (κ3) is 3.27. The SMILES string of the molecule is COc1ccc(-c2nc3ccc(N4CCNC[C@H]4C)nc3n2-c2ccncc2)cc1. The quantitative estimate of drug-likeness (QED) is 0.567. The van der Waals surface area contributed by atoms with Crippen LogP contribution in [0.25, 0.3) is 28.2 Å². The van der Waals surface area contributed by atoms with Gasteiger partial charge in [-0.25, -0.2) is 9.97 Å². The number of nitrogens with zero attached hydrogens (tertiary/aromatic N) is 5. The van der Waals surface area contributed by atoms with Crippen molar-refractivity contribution in [1.82, 2.24) is 24.8 Å². The summed E-state index contributed by atoms with van der Waals surface area (Å²) in [4.78, 5) is 16.5. The molecule has 4 heterocycles. The lowest BCUT2D eigenvalue weighted by Gasteiger charge is -2.34. The molecule has 0 aliphatic carbocycles. The molecule has 1 aromatic carbocycles. The molecule has 0 bridgehead atoms. The van der Waals surface area contributed by atoms with Crippen LogP contribution in [0.15, 0.2) is 60.9 Å². The molecule has 7 heteroatoms. The average Bonchev–Trinajstić information content (AvgIpc) is 3.19. The van der Waals surface area contributed by atoms with Crippen molar-refractivity contribution in [3.05, 3.63) is 60.9 Å². The van der Waals surface area contributed by atoms with E-state index in [2.05, 4.69) is 38.8 Å². The molecule has 0 spiro atoms. The van der Waals surface area contributed by atoms with Crippen molar-refractivity contribution in [3.8, 4) is 22.8 Å². The lowest BCUT2D eigenvalue weighted by molar-refractivity contribution is 0.415. The molecule has 1 aliphatic heterocycles. The molecule has 30 heavy (non-hydrogen) atoms. The monoisotopic (exact) mass is 400 g/mol. The topological polar surface area (TPSA) is 68.1 Å². The van der Waals surface area contributed by atoms with Crippen LogP contribution in [-0.2, 0) is 0 Å². The fraction of sp³-hybridized carbons (Fsp3) is 0.261. The molecular weight excluding hydrogens is 376 g/mol. The number of piperazine rings is 1. The Morgan fingerprint density at radius 3 is 2.53 bits per heavy atom. The molecule has 3 aromatic heterocycles. The Morgan fingerprint density at radius 1 is 1.00 bits per heavy atom. The van der Waals surface area contributed by atoms with E-state index in [9.17, 15) is 0 Å². The minimum absolute atomic E-state index is 0.391. The molecule has 0 radical (unpaired) electrons. The van der Waals surface area contributed by atoms with Gasteiger partial charge in [0.2, 0.25) is 0 Å². The number of benzene rings is 1. The highest BCUT2D eigenvalue weighted by Crippen LogP contribution is 2.30. The van der Waals surface area contributed by atoms with Crippen LogP contribution in [-0.4, -0.2) is 52.3 Å². The van der Waals surface area contributed by atoms with Crippen LogP contribution in [0.1, 0.15) is 6.92 Å². The van der Waals surface area contributed by atoms with E-state index in [0.717, 1.165) is 59.4 Å². The first-order chi connectivity index (χ1) is 14.7. The smallest absolute Gasteiger partial charge is 0.167 e. The minimum Gasteiger partial charge on any atom is -0.497 e. The fourth-order valence-corrected chi connectivity index (χ4v) is 3.96. The zero-order valence-corrected chi connectivity index (χ0v) is 17.1. The van der Waals surface area contributed by atoms with Crippen LogP contribution in [0.3, 0.4) is 0 Å². The maximum atomic E-state index is 5.31. The summed E-state index contributed by atoms with van der Waals surface area (Å²) in [6.45, 7) is 5.08. The molecule has 1 aliphatic rings. The van der Waals surface area contributed by atoms with Gasteiger partial charge in [0, 0.05) is 43.6 Å². The first-order valence-corrected chi connectivity index (χ1v) is 10.2.